The Labute approximate surface area is 184 Å². The smallest absolute Gasteiger partial charge is 0.254 e. The van der Waals surface area contributed by atoms with Gasteiger partial charge in [0.1, 0.15) is 5.82 Å². The third kappa shape index (κ3) is 3.79. The van der Waals surface area contributed by atoms with Gasteiger partial charge >= 0.3 is 0 Å². The zero-order valence-corrected chi connectivity index (χ0v) is 18.8. The van der Waals surface area contributed by atoms with E-state index in [0.29, 0.717) is 28.0 Å². The Morgan fingerprint density at radius 1 is 1.13 bits per heavy atom. The number of nitrogens with zero attached hydrogens (tertiary/aromatic N) is 5. The van der Waals surface area contributed by atoms with E-state index in [4.69, 9.17) is 11.6 Å². The van der Waals surface area contributed by atoms with Crippen LogP contribution in [0.3, 0.4) is 0 Å². The molecule has 0 atom stereocenters. The molecule has 1 saturated heterocycles. The molecular weight excluding hydrogens is 445 g/mol. The van der Waals surface area contributed by atoms with Gasteiger partial charge in [0.15, 0.2) is 5.65 Å². The topological polar surface area (TPSA) is 88.4 Å². The monoisotopic (exact) mass is 465 g/mol. The quantitative estimate of drug-likeness (QED) is 0.593. The molecule has 31 heavy (non-hydrogen) atoms. The van der Waals surface area contributed by atoms with Crippen LogP contribution in [0.2, 0.25) is 5.02 Å². The largest absolute Gasteiger partial charge is 0.336 e. The number of amides is 1. The van der Waals surface area contributed by atoms with Crippen LogP contribution in [-0.4, -0.2) is 64.5 Å². The highest BCUT2D eigenvalue weighted by molar-refractivity contribution is 7.89. The van der Waals surface area contributed by atoms with Crippen molar-refractivity contribution in [2.24, 2.45) is 7.05 Å². The second kappa shape index (κ2) is 7.85. The molecule has 4 rings (SSSR count). The van der Waals surface area contributed by atoms with Crippen molar-refractivity contribution in [1.29, 1.82) is 0 Å². The first-order valence-corrected chi connectivity index (χ1v) is 11.5. The standard InChI is InChI=1S/C20H21ClFN5O3S/c1-12-10-15(18-13(2)24-25(3)19(18)23-12)20(28)26-6-8-27(9-7-26)31(29,30)14-4-5-17(22)16(21)11-14/h4-5,10-11H,6-9H2,1-3H3. The molecule has 1 aliphatic rings. The Bertz CT molecular complexity index is 1300. The van der Waals surface area contributed by atoms with Crippen molar-refractivity contribution >= 4 is 38.6 Å². The molecule has 1 amide bonds. The molecule has 11 heteroatoms. The van der Waals surface area contributed by atoms with E-state index >= 15 is 0 Å². The minimum Gasteiger partial charge on any atom is -0.336 e. The number of sulfonamides is 1. The molecular formula is C20H21ClFN5O3S. The van der Waals surface area contributed by atoms with Gasteiger partial charge in [-0.25, -0.2) is 17.8 Å². The number of aryl methyl sites for hydroxylation is 3. The van der Waals surface area contributed by atoms with E-state index in [9.17, 15) is 17.6 Å². The van der Waals surface area contributed by atoms with E-state index in [-0.39, 0.29) is 42.0 Å². The Morgan fingerprint density at radius 2 is 1.81 bits per heavy atom. The van der Waals surface area contributed by atoms with Crippen LogP contribution < -0.4 is 0 Å². The fourth-order valence-electron chi connectivity index (χ4n) is 3.83. The van der Waals surface area contributed by atoms with Gasteiger partial charge in [0.05, 0.1) is 26.6 Å². The number of hydrogen-bond donors (Lipinski definition) is 0. The van der Waals surface area contributed by atoms with E-state index in [2.05, 4.69) is 10.1 Å². The van der Waals surface area contributed by atoms with E-state index in [1.165, 1.54) is 10.4 Å². The molecule has 164 valence electrons. The summed E-state index contributed by atoms with van der Waals surface area (Å²) in [5.74, 6) is -0.867. The highest BCUT2D eigenvalue weighted by atomic mass is 35.5. The molecule has 1 aliphatic heterocycles. The van der Waals surface area contributed by atoms with Gasteiger partial charge in [-0.3, -0.25) is 9.48 Å². The van der Waals surface area contributed by atoms with Crippen molar-refractivity contribution in [1.82, 2.24) is 24.0 Å². The van der Waals surface area contributed by atoms with Crippen molar-refractivity contribution in [3.63, 3.8) is 0 Å². The van der Waals surface area contributed by atoms with Crippen molar-refractivity contribution in [3.8, 4) is 0 Å². The summed E-state index contributed by atoms with van der Waals surface area (Å²) < 4.78 is 42.1. The second-order valence-corrected chi connectivity index (χ2v) is 9.84. The zero-order valence-electron chi connectivity index (χ0n) is 17.3. The molecule has 1 aromatic carbocycles. The van der Waals surface area contributed by atoms with Gasteiger partial charge in [-0.15, -0.1) is 0 Å². The summed E-state index contributed by atoms with van der Waals surface area (Å²) in [6.45, 7) is 4.36. The number of pyridine rings is 1. The second-order valence-electron chi connectivity index (χ2n) is 7.49. The van der Waals surface area contributed by atoms with Crippen LogP contribution in [0.25, 0.3) is 11.0 Å². The summed E-state index contributed by atoms with van der Waals surface area (Å²) in [6, 6.07) is 5.06. The molecule has 1 fully saturated rings. The van der Waals surface area contributed by atoms with Crippen LogP contribution in [0.5, 0.6) is 0 Å². The fraction of sp³-hybridized carbons (Fsp3) is 0.350. The summed E-state index contributed by atoms with van der Waals surface area (Å²) in [7, 11) is -2.06. The first kappa shape index (κ1) is 21.7. The summed E-state index contributed by atoms with van der Waals surface area (Å²) in [5.41, 5.74) is 2.56. The zero-order chi connectivity index (χ0) is 22.5. The summed E-state index contributed by atoms with van der Waals surface area (Å²) in [6.07, 6.45) is 0. The normalized spacial score (nSPS) is 15.6. The van der Waals surface area contributed by atoms with E-state index in [1.807, 2.05) is 13.8 Å². The number of fused-ring (bicyclic) bond motifs is 1. The van der Waals surface area contributed by atoms with Crippen LogP contribution in [0, 0.1) is 19.7 Å². The highest BCUT2D eigenvalue weighted by Crippen LogP contribution is 2.26. The van der Waals surface area contributed by atoms with E-state index in [1.54, 1.807) is 22.7 Å². The lowest BCUT2D eigenvalue weighted by atomic mass is 10.1. The number of aromatic nitrogens is 3. The first-order chi connectivity index (χ1) is 14.6. The fourth-order valence-corrected chi connectivity index (χ4v) is 5.52. The Balaban J connectivity index is 1.56. The molecule has 0 bridgehead atoms. The van der Waals surface area contributed by atoms with Crippen LogP contribution >= 0.6 is 11.6 Å². The Hall–Kier alpha value is -2.56. The number of halogens is 2. The maximum Gasteiger partial charge on any atom is 0.254 e. The average Bonchev–Trinajstić information content (AvgIpc) is 3.02. The molecule has 0 radical (unpaired) electrons. The molecule has 0 N–H and O–H groups in total. The molecule has 0 unspecified atom stereocenters. The lowest BCUT2D eigenvalue weighted by Crippen LogP contribution is -2.50. The van der Waals surface area contributed by atoms with Gasteiger partial charge < -0.3 is 4.90 Å². The van der Waals surface area contributed by atoms with E-state index in [0.717, 1.165) is 12.1 Å². The predicted octanol–water partition coefficient (Wildman–Crippen LogP) is 2.52. The van der Waals surface area contributed by atoms with Gasteiger partial charge in [0.2, 0.25) is 10.0 Å². The summed E-state index contributed by atoms with van der Waals surface area (Å²) in [4.78, 5) is 19.3. The highest BCUT2D eigenvalue weighted by Gasteiger charge is 2.32. The molecule has 8 nitrogen and oxygen atoms in total. The minimum absolute atomic E-state index is 0.0730. The van der Waals surface area contributed by atoms with Crippen molar-refractivity contribution in [3.05, 3.63) is 52.1 Å². The molecule has 0 saturated carbocycles. The number of carbonyl (C=O) groups excluding carboxylic acids is 1. The summed E-state index contributed by atoms with van der Waals surface area (Å²) in [5, 5.41) is 4.82. The molecule has 0 spiro atoms. The Kier molecular flexibility index (Phi) is 5.48. The maximum atomic E-state index is 13.4. The molecule has 3 heterocycles. The minimum atomic E-state index is -3.84. The van der Waals surface area contributed by atoms with Gasteiger partial charge in [-0.05, 0) is 38.1 Å². The lowest BCUT2D eigenvalue weighted by molar-refractivity contribution is 0.0699. The van der Waals surface area contributed by atoms with Gasteiger partial charge in [-0.1, -0.05) is 11.6 Å². The van der Waals surface area contributed by atoms with Gasteiger partial charge in [-0.2, -0.15) is 9.40 Å². The number of benzene rings is 1. The number of piperazine rings is 1. The third-order valence-corrected chi connectivity index (χ3v) is 7.57. The van der Waals surface area contributed by atoms with Crippen LogP contribution in [-0.2, 0) is 17.1 Å². The van der Waals surface area contributed by atoms with E-state index < -0.39 is 15.8 Å². The predicted molar refractivity (Wildman–Crippen MR) is 114 cm³/mol. The summed E-state index contributed by atoms with van der Waals surface area (Å²) >= 11 is 5.74. The molecule has 2 aromatic heterocycles. The van der Waals surface area contributed by atoms with Gasteiger partial charge in [0, 0.05) is 38.9 Å². The number of hydrogen-bond acceptors (Lipinski definition) is 5. The van der Waals surface area contributed by atoms with Crippen molar-refractivity contribution < 1.29 is 17.6 Å². The Morgan fingerprint density at radius 3 is 2.45 bits per heavy atom. The lowest BCUT2D eigenvalue weighted by Gasteiger charge is -2.34. The van der Waals surface area contributed by atoms with Crippen LogP contribution in [0.15, 0.2) is 29.2 Å². The SMILES string of the molecule is Cc1cc(C(=O)N2CCN(S(=O)(=O)c3ccc(F)c(Cl)c3)CC2)c2c(C)nn(C)c2n1. The third-order valence-electron chi connectivity index (χ3n) is 5.38. The average molecular weight is 466 g/mol. The van der Waals surface area contributed by atoms with Crippen LogP contribution in [0.4, 0.5) is 4.39 Å². The molecule has 0 aliphatic carbocycles. The first-order valence-electron chi connectivity index (χ1n) is 9.65. The maximum absolute atomic E-state index is 13.4. The number of carbonyl (C=O) groups is 1. The van der Waals surface area contributed by atoms with Crippen LogP contribution in [0.1, 0.15) is 21.7 Å². The number of rotatable bonds is 3. The van der Waals surface area contributed by atoms with Crippen molar-refractivity contribution in [2.75, 3.05) is 26.2 Å². The molecule has 3 aromatic rings. The van der Waals surface area contributed by atoms with Gasteiger partial charge in [0.25, 0.3) is 5.91 Å². The van der Waals surface area contributed by atoms with Crippen molar-refractivity contribution in [2.45, 2.75) is 18.7 Å².